The van der Waals surface area contributed by atoms with E-state index in [2.05, 4.69) is 5.32 Å². The summed E-state index contributed by atoms with van der Waals surface area (Å²) in [7, 11) is 0. The monoisotopic (exact) mass is 244 g/mol. The fourth-order valence-corrected chi connectivity index (χ4v) is 1.52. The van der Waals surface area contributed by atoms with Gasteiger partial charge in [0.15, 0.2) is 0 Å². The third-order valence-corrected chi connectivity index (χ3v) is 2.27. The third-order valence-electron chi connectivity index (χ3n) is 2.06. The highest BCUT2D eigenvalue weighted by molar-refractivity contribution is 6.31. The Balaban J connectivity index is 2.61. The van der Waals surface area contributed by atoms with Crippen LogP contribution < -0.4 is 5.32 Å². The minimum atomic E-state index is -0.941. The molecule has 0 aliphatic carbocycles. The second kappa shape index (κ2) is 5.55. The minimum absolute atomic E-state index is 0.0910. The van der Waals surface area contributed by atoms with Crippen molar-refractivity contribution in [3.8, 4) is 0 Å². The Labute approximate surface area is 98.0 Å². The van der Waals surface area contributed by atoms with Crippen LogP contribution in [0.25, 0.3) is 0 Å². The number of aromatic nitrogens is 1. The topological polar surface area (TPSA) is 71.3 Å². The van der Waals surface area contributed by atoms with Crippen LogP contribution in [0.2, 0.25) is 5.02 Å². The molecule has 0 fully saturated rings. The van der Waals surface area contributed by atoms with Gasteiger partial charge in [-0.3, -0.25) is 9.59 Å². The number of nitrogens with zero attached hydrogens (tertiary/aromatic N) is 1. The quantitative estimate of drug-likeness (QED) is 0.822. The van der Waals surface area contributed by atoms with E-state index in [4.69, 9.17) is 16.7 Å². The summed E-state index contributed by atoms with van der Waals surface area (Å²) in [6.45, 7) is 2.64. The maximum atomic E-state index is 11.6. The van der Waals surface area contributed by atoms with Crippen LogP contribution in [0.4, 0.5) is 0 Å². The number of amides is 1. The molecule has 0 atom stereocenters. The summed E-state index contributed by atoms with van der Waals surface area (Å²) >= 11 is 5.78. The molecular weight excluding hydrogens is 232 g/mol. The van der Waals surface area contributed by atoms with Crippen LogP contribution >= 0.6 is 11.6 Å². The molecule has 1 heterocycles. The van der Waals surface area contributed by atoms with E-state index in [-0.39, 0.29) is 18.9 Å². The zero-order chi connectivity index (χ0) is 12.1. The van der Waals surface area contributed by atoms with Crippen molar-refractivity contribution in [2.24, 2.45) is 0 Å². The highest BCUT2D eigenvalue weighted by Gasteiger charge is 2.12. The Kier molecular flexibility index (Phi) is 4.37. The van der Waals surface area contributed by atoms with Gasteiger partial charge in [-0.1, -0.05) is 11.6 Å². The van der Waals surface area contributed by atoms with E-state index in [1.54, 1.807) is 16.8 Å². The molecule has 0 saturated carbocycles. The number of hydrogen-bond donors (Lipinski definition) is 2. The lowest BCUT2D eigenvalue weighted by Gasteiger charge is -2.06. The van der Waals surface area contributed by atoms with Crippen molar-refractivity contribution in [2.45, 2.75) is 19.9 Å². The summed E-state index contributed by atoms with van der Waals surface area (Å²) < 4.78 is 1.71. The molecule has 1 aromatic rings. The number of carboxylic acid groups (broad SMARTS) is 1. The van der Waals surface area contributed by atoms with Crippen molar-refractivity contribution in [1.29, 1.82) is 0 Å². The van der Waals surface area contributed by atoms with E-state index in [0.29, 0.717) is 17.3 Å². The zero-order valence-electron chi connectivity index (χ0n) is 8.86. The van der Waals surface area contributed by atoms with Crippen molar-refractivity contribution in [1.82, 2.24) is 9.88 Å². The lowest BCUT2D eigenvalue weighted by Crippen LogP contribution is -2.27. The van der Waals surface area contributed by atoms with Gasteiger partial charge in [0.05, 0.1) is 11.4 Å². The summed E-state index contributed by atoms with van der Waals surface area (Å²) in [5.41, 5.74) is 0.442. The van der Waals surface area contributed by atoms with E-state index in [0.717, 1.165) is 0 Å². The summed E-state index contributed by atoms with van der Waals surface area (Å²) in [5, 5.41) is 11.4. The molecule has 2 N–H and O–H groups in total. The predicted octanol–water partition coefficient (Wildman–Crippen LogP) is 1.37. The average molecular weight is 245 g/mol. The molecule has 6 heteroatoms. The van der Waals surface area contributed by atoms with E-state index in [1.807, 2.05) is 6.92 Å². The summed E-state index contributed by atoms with van der Waals surface area (Å²) in [5.74, 6) is -1.25. The maximum absolute atomic E-state index is 11.6. The van der Waals surface area contributed by atoms with Crippen LogP contribution in [0.3, 0.4) is 0 Å². The molecule has 16 heavy (non-hydrogen) atoms. The number of aliphatic carboxylic acids is 1. The smallest absolute Gasteiger partial charge is 0.305 e. The first-order chi connectivity index (χ1) is 7.54. The number of carbonyl (C=O) groups is 2. The Morgan fingerprint density at radius 2 is 2.25 bits per heavy atom. The molecule has 5 nitrogen and oxygen atoms in total. The normalized spacial score (nSPS) is 10.1. The van der Waals surface area contributed by atoms with Crippen LogP contribution in [-0.4, -0.2) is 28.1 Å². The number of carboxylic acids is 1. The molecule has 1 rings (SSSR count). The summed E-state index contributed by atoms with van der Waals surface area (Å²) in [4.78, 5) is 21.9. The van der Waals surface area contributed by atoms with Gasteiger partial charge in [0.2, 0.25) is 0 Å². The highest BCUT2D eigenvalue weighted by Crippen LogP contribution is 2.13. The number of rotatable bonds is 5. The highest BCUT2D eigenvalue weighted by atomic mass is 35.5. The van der Waals surface area contributed by atoms with Crippen LogP contribution in [0.15, 0.2) is 12.3 Å². The molecule has 0 unspecified atom stereocenters. The molecule has 88 valence electrons. The van der Waals surface area contributed by atoms with Crippen molar-refractivity contribution in [2.75, 3.05) is 6.54 Å². The van der Waals surface area contributed by atoms with E-state index in [9.17, 15) is 9.59 Å². The van der Waals surface area contributed by atoms with Crippen molar-refractivity contribution in [3.05, 3.63) is 23.0 Å². The lowest BCUT2D eigenvalue weighted by molar-refractivity contribution is -0.136. The summed E-state index contributed by atoms with van der Waals surface area (Å²) in [6, 6.07) is 1.56. The second-order valence-corrected chi connectivity index (χ2v) is 3.67. The molecular formula is C10H13ClN2O3. The van der Waals surface area contributed by atoms with Gasteiger partial charge in [0.25, 0.3) is 5.91 Å². The van der Waals surface area contributed by atoms with E-state index in [1.165, 1.54) is 0 Å². The van der Waals surface area contributed by atoms with Gasteiger partial charge in [-0.05, 0) is 13.0 Å². The second-order valence-electron chi connectivity index (χ2n) is 3.23. The van der Waals surface area contributed by atoms with Crippen molar-refractivity contribution >= 4 is 23.5 Å². The standard InChI is InChI=1S/C10H13ClN2O3/c1-2-13-6-7(11)5-8(13)10(16)12-4-3-9(14)15/h5-6H,2-4H2,1H3,(H,12,16)(H,14,15). The van der Waals surface area contributed by atoms with Gasteiger partial charge in [-0.25, -0.2) is 0 Å². The molecule has 0 aromatic carbocycles. The molecule has 0 saturated heterocycles. The molecule has 0 aliphatic heterocycles. The van der Waals surface area contributed by atoms with Crippen LogP contribution in [0.5, 0.6) is 0 Å². The SMILES string of the molecule is CCn1cc(Cl)cc1C(=O)NCCC(=O)O. The van der Waals surface area contributed by atoms with Gasteiger partial charge >= 0.3 is 5.97 Å². The van der Waals surface area contributed by atoms with Crippen molar-refractivity contribution in [3.63, 3.8) is 0 Å². The largest absolute Gasteiger partial charge is 0.481 e. The van der Waals surface area contributed by atoms with E-state index >= 15 is 0 Å². The first-order valence-corrected chi connectivity index (χ1v) is 5.28. The number of carbonyl (C=O) groups excluding carboxylic acids is 1. The van der Waals surface area contributed by atoms with Crippen molar-refractivity contribution < 1.29 is 14.7 Å². The number of nitrogens with one attached hydrogen (secondary N) is 1. The molecule has 1 aromatic heterocycles. The van der Waals surface area contributed by atoms with Gasteiger partial charge < -0.3 is 15.0 Å². The zero-order valence-corrected chi connectivity index (χ0v) is 9.62. The van der Waals surface area contributed by atoms with Gasteiger partial charge in [0, 0.05) is 19.3 Å². The third kappa shape index (κ3) is 3.27. The lowest BCUT2D eigenvalue weighted by atomic mass is 10.3. The van der Waals surface area contributed by atoms with E-state index < -0.39 is 5.97 Å². The Morgan fingerprint density at radius 3 is 2.81 bits per heavy atom. The molecule has 0 aliphatic rings. The Bertz CT molecular complexity index is 401. The predicted molar refractivity (Wildman–Crippen MR) is 59.7 cm³/mol. The average Bonchev–Trinajstić information content (AvgIpc) is 2.59. The van der Waals surface area contributed by atoms with Gasteiger partial charge in [-0.15, -0.1) is 0 Å². The Morgan fingerprint density at radius 1 is 1.56 bits per heavy atom. The van der Waals surface area contributed by atoms with Gasteiger partial charge in [-0.2, -0.15) is 0 Å². The summed E-state index contributed by atoms with van der Waals surface area (Å²) in [6.07, 6.45) is 1.57. The molecule has 1 amide bonds. The van der Waals surface area contributed by atoms with Crippen LogP contribution in [0, 0.1) is 0 Å². The fraction of sp³-hybridized carbons (Fsp3) is 0.400. The number of aryl methyl sites for hydroxylation is 1. The van der Waals surface area contributed by atoms with Crippen LogP contribution in [-0.2, 0) is 11.3 Å². The number of hydrogen-bond acceptors (Lipinski definition) is 2. The van der Waals surface area contributed by atoms with Gasteiger partial charge in [0.1, 0.15) is 5.69 Å². The number of halogens is 1. The molecule has 0 bridgehead atoms. The molecule has 0 radical (unpaired) electrons. The molecule has 0 spiro atoms. The first-order valence-electron chi connectivity index (χ1n) is 4.90. The fourth-order valence-electron chi connectivity index (χ4n) is 1.30. The Hall–Kier alpha value is -1.49. The first kappa shape index (κ1) is 12.6. The maximum Gasteiger partial charge on any atom is 0.305 e. The minimum Gasteiger partial charge on any atom is -0.481 e. The van der Waals surface area contributed by atoms with Crippen LogP contribution in [0.1, 0.15) is 23.8 Å².